The van der Waals surface area contributed by atoms with Crippen LogP contribution in [0.2, 0.25) is 0 Å². The number of para-hydroxylation sites is 1. The second kappa shape index (κ2) is 6.95. The van der Waals surface area contributed by atoms with Gasteiger partial charge in [-0.3, -0.25) is 9.10 Å². The Morgan fingerprint density at radius 2 is 1.84 bits per heavy atom. The first-order valence-corrected chi connectivity index (χ1v) is 10.8. The van der Waals surface area contributed by atoms with Gasteiger partial charge >= 0.3 is 0 Å². The lowest BCUT2D eigenvalue weighted by atomic mass is 10.1. The van der Waals surface area contributed by atoms with Gasteiger partial charge in [0.05, 0.1) is 11.9 Å². The van der Waals surface area contributed by atoms with Gasteiger partial charge in [-0.05, 0) is 71.8 Å². The minimum absolute atomic E-state index is 0.0167. The maximum absolute atomic E-state index is 12.9. The minimum atomic E-state index is -3.57. The monoisotopic (exact) mass is 470 g/mol. The Hall–Kier alpha value is -1.61. The number of nitrogens with zero attached hydrogens (tertiary/aromatic N) is 2. The number of benzene rings is 2. The van der Waals surface area contributed by atoms with Crippen LogP contribution in [0.1, 0.15) is 12.5 Å². The molecule has 1 amide bonds. The summed E-state index contributed by atoms with van der Waals surface area (Å²) < 4.78 is 26.7. The topological polar surface area (TPSA) is 57.7 Å². The van der Waals surface area contributed by atoms with E-state index in [1.165, 1.54) is 4.31 Å². The third-order valence-corrected chi connectivity index (χ3v) is 6.13. The van der Waals surface area contributed by atoms with Crippen molar-refractivity contribution in [3.05, 3.63) is 57.7 Å². The van der Waals surface area contributed by atoms with Crippen LogP contribution in [0.3, 0.4) is 0 Å². The maximum Gasteiger partial charge on any atom is 0.248 e. The Morgan fingerprint density at radius 1 is 1.20 bits per heavy atom. The number of fused-ring (bicyclic) bond motifs is 1. The number of sulfonamides is 1. The Balaban J connectivity index is 1.90. The molecule has 0 aromatic heterocycles. The molecule has 0 bridgehead atoms. The van der Waals surface area contributed by atoms with E-state index in [4.69, 9.17) is 0 Å². The summed E-state index contributed by atoms with van der Waals surface area (Å²) in [5.74, 6) is -0.221. The third kappa shape index (κ3) is 3.82. The second-order valence-electron chi connectivity index (χ2n) is 6.19. The molecule has 0 N–H and O–H groups in total. The van der Waals surface area contributed by atoms with Gasteiger partial charge in [0.1, 0.15) is 6.54 Å². The summed E-state index contributed by atoms with van der Waals surface area (Å²) in [5, 5.41) is 0. The van der Waals surface area contributed by atoms with Crippen molar-refractivity contribution >= 4 is 49.9 Å². The first-order chi connectivity index (χ1) is 11.8. The molecule has 0 unspecified atom stereocenters. The van der Waals surface area contributed by atoms with Crippen molar-refractivity contribution in [3.8, 4) is 0 Å². The Bertz CT molecular complexity index is 897. The van der Waals surface area contributed by atoms with E-state index in [2.05, 4.69) is 22.6 Å². The number of halogens is 1. The fourth-order valence-electron chi connectivity index (χ4n) is 3.15. The average molecular weight is 470 g/mol. The fraction of sp³-hybridized carbons (Fsp3) is 0.278. The third-order valence-electron chi connectivity index (χ3n) is 4.27. The Morgan fingerprint density at radius 3 is 2.48 bits per heavy atom. The molecular weight excluding hydrogens is 451 g/mol. The molecule has 1 aliphatic heterocycles. The van der Waals surface area contributed by atoms with Crippen molar-refractivity contribution in [1.29, 1.82) is 0 Å². The highest BCUT2D eigenvalue weighted by molar-refractivity contribution is 14.1. The molecule has 0 fully saturated rings. The van der Waals surface area contributed by atoms with Gasteiger partial charge in [0.25, 0.3) is 0 Å². The molecule has 1 heterocycles. The van der Waals surface area contributed by atoms with Crippen LogP contribution in [0, 0.1) is 3.57 Å². The summed E-state index contributed by atoms with van der Waals surface area (Å²) in [7, 11) is -3.57. The lowest BCUT2D eigenvalue weighted by molar-refractivity contribution is -0.117. The highest BCUT2D eigenvalue weighted by atomic mass is 127. The molecule has 0 radical (unpaired) electrons. The van der Waals surface area contributed by atoms with Crippen molar-refractivity contribution in [2.45, 2.75) is 19.4 Å². The van der Waals surface area contributed by atoms with E-state index in [-0.39, 0.29) is 18.5 Å². The van der Waals surface area contributed by atoms with Crippen LogP contribution in [0.15, 0.2) is 48.5 Å². The summed E-state index contributed by atoms with van der Waals surface area (Å²) in [4.78, 5) is 14.6. The van der Waals surface area contributed by atoms with Crippen LogP contribution < -0.4 is 9.21 Å². The zero-order valence-electron chi connectivity index (χ0n) is 14.0. The summed E-state index contributed by atoms with van der Waals surface area (Å²) in [6.07, 6.45) is 1.91. The molecule has 3 rings (SSSR count). The molecule has 2 aromatic carbocycles. The van der Waals surface area contributed by atoms with Gasteiger partial charge in [-0.1, -0.05) is 18.2 Å². The van der Waals surface area contributed by atoms with Gasteiger partial charge < -0.3 is 4.90 Å². The number of anilines is 2. The van der Waals surface area contributed by atoms with Crippen LogP contribution in [0.5, 0.6) is 0 Å². The second-order valence-corrected chi connectivity index (χ2v) is 9.34. The molecule has 0 aliphatic carbocycles. The standard InChI is InChI=1S/C18H19IN2O3S/c1-13-11-14-5-3-4-6-17(14)21(13)18(22)12-20(25(2,23)24)16-9-7-15(19)8-10-16/h3-10,13H,11-12H2,1-2H3/t13-/m0/s1. The molecular formula is C18H19IN2O3S. The Labute approximate surface area is 161 Å². The largest absolute Gasteiger partial charge is 0.307 e. The molecule has 132 valence electrons. The first kappa shape index (κ1) is 18.2. The van der Waals surface area contributed by atoms with Crippen molar-refractivity contribution in [3.63, 3.8) is 0 Å². The van der Waals surface area contributed by atoms with Gasteiger partial charge in [-0.15, -0.1) is 0 Å². The van der Waals surface area contributed by atoms with Gasteiger partial charge in [0.15, 0.2) is 0 Å². The molecule has 0 saturated carbocycles. The quantitative estimate of drug-likeness (QED) is 0.646. The maximum atomic E-state index is 12.9. The van der Waals surface area contributed by atoms with Gasteiger partial charge in [-0.2, -0.15) is 0 Å². The Kier molecular flexibility index (Phi) is 5.06. The van der Waals surface area contributed by atoms with E-state index >= 15 is 0 Å². The van der Waals surface area contributed by atoms with Crippen molar-refractivity contribution in [2.75, 3.05) is 22.0 Å². The highest BCUT2D eigenvalue weighted by Crippen LogP contribution is 2.32. The van der Waals surface area contributed by atoms with E-state index in [1.807, 2.05) is 43.3 Å². The van der Waals surface area contributed by atoms with Crippen molar-refractivity contribution in [2.24, 2.45) is 0 Å². The first-order valence-electron chi connectivity index (χ1n) is 7.90. The number of amides is 1. The molecule has 25 heavy (non-hydrogen) atoms. The normalized spacial score (nSPS) is 16.6. The number of hydrogen-bond acceptors (Lipinski definition) is 3. The van der Waals surface area contributed by atoms with E-state index in [9.17, 15) is 13.2 Å². The number of hydrogen-bond donors (Lipinski definition) is 0. The van der Waals surface area contributed by atoms with Crippen LogP contribution in [0.4, 0.5) is 11.4 Å². The number of rotatable bonds is 4. The van der Waals surface area contributed by atoms with Crippen LogP contribution >= 0.6 is 22.6 Å². The fourth-order valence-corrected chi connectivity index (χ4v) is 4.36. The zero-order valence-corrected chi connectivity index (χ0v) is 17.0. The minimum Gasteiger partial charge on any atom is -0.307 e. The summed E-state index contributed by atoms with van der Waals surface area (Å²) in [6, 6.07) is 14.9. The van der Waals surface area contributed by atoms with Gasteiger partial charge in [0.2, 0.25) is 15.9 Å². The van der Waals surface area contributed by atoms with Crippen molar-refractivity contribution in [1.82, 2.24) is 0 Å². The molecule has 0 saturated heterocycles. The average Bonchev–Trinajstić information content (AvgIpc) is 2.88. The van der Waals surface area contributed by atoms with E-state index in [0.29, 0.717) is 5.69 Å². The highest BCUT2D eigenvalue weighted by Gasteiger charge is 2.32. The van der Waals surface area contributed by atoms with Crippen molar-refractivity contribution < 1.29 is 13.2 Å². The lowest BCUT2D eigenvalue weighted by Gasteiger charge is -2.28. The van der Waals surface area contributed by atoms with E-state index < -0.39 is 10.0 Å². The summed E-state index contributed by atoms with van der Waals surface area (Å²) in [6.45, 7) is 1.77. The molecule has 1 aliphatic rings. The molecule has 7 heteroatoms. The van der Waals surface area contributed by atoms with Crippen LogP contribution in [-0.2, 0) is 21.2 Å². The summed E-state index contributed by atoms with van der Waals surface area (Å²) >= 11 is 2.16. The summed E-state index contributed by atoms with van der Waals surface area (Å²) in [5.41, 5.74) is 2.48. The SMILES string of the molecule is C[C@H]1Cc2ccccc2N1C(=O)CN(c1ccc(I)cc1)S(C)(=O)=O. The molecule has 5 nitrogen and oxygen atoms in total. The van der Waals surface area contributed by atoms with E-state index in [1.54, 1.807) is 17.0 Å². The van der Waals surface area contributed by atoms with E-state index in [0.717, 1.165) is 27.5 Å². The molecule has 0 spiro atoms. The smallest absolute Gasteiger partial charge is 0.248 e. The molecule has 2 aromatic rings. The lowest BCUT2D eigenvalue weighted by Crippen LogP contribution is -2.45. The van der Waals surface area contributed by atoms with Gasteiger partial charge in [0, 0.05) is 15.3 Å². The number of carbonyl (C=O) groups is 1. The predicted molar refractivity (Wildman–Crippen MR) is 108 cm³/mol. The van der Waals surface area contributed by atoms with Crippen LogP contribution in [-0.4, -0.2) is 33.2 Å². The molecule has 1 atom stereocenters. The van der Waals surface area contributed by atoms with Crippen LogP contribution in [0.25, 0.3) is 0 Å². The zero-order chi connectivity index (χ0) is 18.2. The predicted octanol–water partition coefficient (Wildman–Crippen LogP) is 3.04. The van der Waals surface area contributed by atoms with Gasteiger partial charge in [-0.25, -0.2) is 8.42 Å². The number of carbonyl (C=O) groups excluding carboxylic acids is 1.